The first-order valence-electron chi connectivity index (χ1n) is 13.0. The number of rotatable bonds is 9. The molecule has 4 aromatic rings. The van der Waals surface area contributed by atoms with E-state index in [1.54, 1.807) is 48.5 Å². The normalized spacial score (nSPS) is 16.2. The minimum absolute atomic E-state index is 0.0306. The Hall–Kier alpha value is -4.62. The number of nitriles is 1. The fourth-order valence-electron chi connectivity index (χ4n) is 4.67. The molecular formula is C32H25F3N4O2S. The Morgan fingerprint density at radius 3 is 2.50 bits per heavy atom. The van der Waals surface area contributed by atoms with Crippen molar-refractivity contribution in [2.75, 3.05) is 7.11 Å². The highest BCUT2D eigenvalue weighted by molar-refractivity contribution is 7.98. The van der Waals surface area contributed by atoms with Crippen molar-refractivity contribution in [1.82, 2.24) is 10.4 Å². The summed E-state index contributed by atoms with van der Waals surface area (Å²) >= 11 is 1.01. The van der Waals surface area contributed by atoms with Crippen molar-refractivity contribution in [1.29, 1.82) is 5.26 Å². The van der Waals surface area contributed by atoms with E-state index < -0.39 is 11.9 Å². The molecule has 1 aliphatic rings. The molecule has 1 saturated carbocycles. The maximum absolute atomic E-state index is 13.8. The Balaban J connectivity index is 1.33. The number of hydrazone groups is 1. The van der Waals surface area contributed by atoms with Gasteiger partial charge in [-0.25, -0.2) is 10.4 Å². The number of carbonyl (C=O) groups excluding carboxylic acids is 1. The molecule has 1 heterocycles. The van der Waals surface area contributed by atoms with Crippen LogP contribution in [0.3, 0.4) is 0 Å². The summed E-state index contributed by atoms with van der Waals surface area (Å²) in [5.41, 5.74) is 4.69. The lowest BCUT2D eigenvalue weighted by atomic mass is 10.0. The predicted molar refractivity (Wildman–Crippen MR) is 155 cm³/mol. The van der Waals surface area contributed by atoms with E-state index in [1.807, 2.05) is 36.4 Å². The van der Waals surface area contributed by atoms with E-state index in [1.165, 1.54) is 13.3 Å². The Bertz CT molecular complexity index is 1650. The highest BCUT2D eigenvalue weighted by Gasteiger charge is 2.43. The van der Waals surface area contributed by atoms with Gasteiger partial charge in [-0.05, 0) is 53.3 Å². The van der Waals surface area contributed by atoms with Crippen LogP contribution in [0.5, 0.6) is 5.75 Å². The lowest BCUT2D eigenvalue weighted by Crippen LogP contribution is -2.20. The van der Waals surface area contributed by atoms with Gasteiger partial charge in [-0.15, -0.1) is 11.8 Å². The molecule has 1 fully saturated rings. The molecule has 0 unspecified atom stereocenters. The number of hydrogen-bond acceptors (Lipinski definition) is 6. The van der Waals surface area contributed by atoms with Gasteiger partial charge >= 0.3 is 6.18 Å². The van der Waals surface area contributed by atoms with Crippen LogP contribution in [0, 0.1) is 17.2 Å². The SMILES string of the molecule is COc1ccc(C=NNC(=O)[C@@H]2C[C@H]2c2ccccc2)cc1CSc1nc(C(F)(F)F)cc(-c2ccccc2)c1C#N. The molecule has 1 N–H and O–H groups in total. The summed E-state index contributed by atoms with van der Waals surface area (Å²) in [5.74, 6) is 0.605. The van der Waals surface area contributed by atoms with Crippen molar-refractivity contribution in [3.05, 3.63) is 113 Å². The summed E-state index contributed by atoms with van der Waals surface area (Å²) in [4.78, 5) is 16.3. The number of benzene rings is 3. The third-order valence-electron chi connectivity index (χ3n) is 6.89. The maximum atomic E-state index is 13.8. The van der Waals surface area contributed by atoms with Crippen molar-refractivity contribution < 1.29 is 22.7 Å². The zero-order valence-corrected chi connectivity index (χ0v) is 23.2. The van der Waals surface area contributed by atoms with Crippen LogP contribution < -0.4 is 10.2 Å². The van der Waals surface area contributed by atoms with Gasteiger partial charge in [0.15, 0.2) is 0 Å². The minimum Gasteiger partial charge on any atom is -0.496 e. The fourth-order valence-corrected chi connectivity index (χ4v) is 5.65. The second-order valence-electron chi connectivity index (χ2n) is 9.66. The van der Waals surface area contributed by atoms with E-state index in [2.05, 4.69) is 15.5 Å². The number of ether oxygens (including phenoxy) is 1. The van der Waals surface area contributed by atoms with Gasteiger partial charge in [0.05, 0.1) is 18.9 Å². The second kappa shape index (κ2) is 12.5. The standard InChI is InChI=1S/C32H25F3N4O2S/c1-41-28-13-12-20(18-37-39-30(40)26-15-24(26)21-8-4-2-5-9-21)14-23(28)19-42-31-27(17-36)25(22-10-6-3-7-11-22)16-29(38-31)32(33,34)35/h2-14,16,18,24,26H,15,19H2,1H3,(H,39,40)/t24-,26+/m0/s1. The average molecular weight is 587 g/mol. The Kier molecular flexibility index (Phi) is 8.59. The first kappa shape index (κ1) is 28.9. The van der Waals surface area contributed by atoms with Gasteiger partial charge in [-0.2, -0.15) is 23.5 Å². The first-order chi connectivity index (χ1) is 20.3. The van der Waals surface area contributed by atoms with Crippen LogP contribution in [0.2, 0.25) is 0 Å². The van der Waals surface area contributed by atoms with Gasteiger partial charge < -0.3 is 4.74 Å². The molecule has 0 spiro atoms. The Labute approximate surface area is 245 Å². The van der Waals surface area contributed by atoms with Gasteiger partial charge in [0.2, 0.25) is 5.91 Å². The summed E-state index contributed by atoms with van der Waals surface area (Å²) in [6.07, 6.45) is -2.41. The van der Waals surface area contributed by atoms with E-state index in [9.17, 15) is 23.2 Å². The minimum atomic E-state index is -4.69. The molecular weight excluding hydrogens is 561 g/mol. The molecule has 6 nitrogen and oxygen atoms in total. The van der Waals surface area contributed by atoms with Crippen LogP contribution in [-0.2, 0) is 16.7 Å². The van der Waals surface area contributed by atoms with Crippen molar-refractivity contribution in [3.63, 3.8) is 0 Å². The molecule has 0 bridgehead atoms. The monoisotopic (exact) mass is 586 g/mol. The van der Waals surface area contributed by atoms with E-state index >= 15 is 0 Å². The average Bonchev–Trinajstić information content (AvgIpc) is 3.81. The molecule has 5 rings (SSSR count). The number of hydrogen-bond donors (Lipinski definition) is 1. The third-order valence-corrected chi connectivity index (χ3v) is 7.91. The zero-order valence-electron chi connectivity index (χ0n) is 22.4. The van der Waals surface area contributed by atoms with Gasteiger partial charge in [0.1, 0.15) is 22.5 Å². The largest absolute Gasteiger partial charge is 0.496 e. The molecule has 10 heteroatoms. The van der Waals surface area contributed by atoms with E-state index in [0.717, 1.165) is 29.8 Å². The number of aromatic nitrogens is 1. The second-order valence-corrected chi connectivity index (χ2v) is 10.6. The lowest BCUT2D eigenvalue weighted by molar-refractivity contribution is -0.141. The van der Waals surface area contributed by atoms with Crippen molar-refractivity contribution in [2.45, 2.75) is 29.3 Å². The molecule has 2 atom stereocenters. The summed E-state index contributed by atoms with van der Waals surface area (Å²) in [7, 11) is 1.49. The van der Waals surface area contributed by atoms with Crippen LogP contribution in [0.1, 0.15) is 40.3 Å². The lowest BCUT2D eigenvalue weighted by Gasteiger charge is -2.15. The number of alkyl halides is 3. The quantitative estimate of drug-likeness (QED) is 0.127. The van der Waals surface area contributed by atoms with E-state index in [4.69, 9.17) is 4.74 Å². The number of halogens is 3. The number of pyridine rings is 1. The highest BCUT2D eigenvalue weighted by Crippen LogP contribution is 2.47. The number of amides is 1. The molecule has 212 valence electrons. The summed E-state index contributed by atoms with van der Waals surface area (Å²) < 4.78 is 46.7. The van der Waals surface area contributed by atoms with Gasteiger partial charge in [-0.1, -0.05) is 60.7 Å². The molecule has 1 aliphatic carbocycles. The number of carbonyl (C=O) groups is 1. The van der Waals surface area contributed by atoms with E-state index in [-0.39, 0.29) is 39.6 Å². The van der Waals surface area contributed by atoms with E-state index in [0.29, 0.717) is 22.4 Å². The molecule has 1 amide bonds. The summed E-state index contributed by atoms with van der Waals surface area (Å²) in [6.45, 7) is 0. The predicted octanol–water partition coefficient (Wildman–Crippen LogP) is 7.19. The van der Waals surface area contributed by atoms with Crippen LogP contribution in [0.15, 0.2) is 95.1 Å². The summed E-state index contributed by atoms with van der Waals surface area (Å²) in [5, 5.41) is 14.0. The Morgan fingerprint density at radius 2 is 1.83 bits per heavy atom. The molecule has 0 radical (unpaired) electrons. The molecule has 42 heavy (non-hydrogen) atoms. The van der Waals surface area contributed by atoms with Crippen LogP contribution in [0.25, 0.3) is 11.1 Å². The third kappa shape index (κ3) is 6.64. The first-order valence-corrected chi connectivity index (χ1v) is 14.0. The van der Waals surface area contributed by atoms with Crippen LogP contribution >= 0.6 is 11.8 Å². The molecule has 0 aliphatic heterocycles. The maximum Gasteiger partial charge on any atom is 0.433 e. The summed E-state index contributed by atoms with van der Waals surface area (Å²) in [6, 6.07) is 26.5. The topological polar surface area (TPSA) is 87.4 Å². The van der Waals surface area contributed by atoms with Crippen molar-refractivity contribution in [3.8, 4) is 22.9 Å². The van der Waals surface area contributed by atoms with Crippen LogP contribution in [0.4, 0.5) is 13.2 Å². The van der Waals surface area contributed by atoms with Crippen LogP contribution in [-0.4, -0.2) is 24.2 Å². The molecule has 3 aromatic carbocycles. The van der Waals surface area contributed by atoms with Crippen molar-refractivity contribution >= 4 is 23.9 Å². The van der Waals surface area contributed by atoms with Crippen molar-refractivity contribution in [2.24, 2.45) is 11.0 Å². The smallest absolute Gasteiger partial charge is 0.433 e. The zero-order chi connectivity index (χ0) is 29.7. The van der Waals surface area contributed by atoms with Gasteiger partial charge in [0.25, 0.3) is 0 Å². The highest BCUT2D eigenvalue weighted by atomic mass is 32.2. The number of nitrogens with zero attached hydrogens (tertiary/aromatic N) is 3. The number of thioether (sulfide) groups is 1. The molecule has 1 aromatic heterocycles. The van der Waals surface area contributed by atoms with Gasteiger partial charge in [-0.3, -0.25) is 4.79 Å². The Morgan fingerprint density at radius 1 is 1.12 bits per heavy atom. The van der Waals surface area contributed by atoms with Gasteiger partial charge in [0, 0.05) is 22.8 Å². The number of nitrogens with one attached hydrogen (secondary N) is 1. The fraction of sp³-hybridized carbons (Fsp3) is 0.188. The number of methoxy groups -OCH3 is 1. The molecule has 0 saturated heterocycles.